The zero-order chi connectivity index (χ0) is 11.0. The Balaban J connectivity index is 3.76. The van der Waals surface area contributed by atoms with Gasteiger partial charge in [-0.25, -0.2) is 0 Å². The second-order valence-electron chi connectivity index (χ2n) is 3.71. The number of hydrogen-bond acceptors (Lipinski definition) is 1. The van der Waals surface area contributed by atoms with Gasteiger partial charge in [0.05, 0.1) is 6.54 Å². The molecule has 0 unspecified atom stereocenters. The van der Waals surface area contributed by atoms with Gasteiger partial charge in [0.15, 0.2) is 5.96 Å². The third-order valence-corrected chi connectivity index (χ3v) is 2.13. The molecule has 3 heteroatoms. The molecule has 0 atom stereocenters. The van der Waals surface area contributed by atoms with Gasteiger partial charge in [0.2, 0.25) is 0 Å². The van der Waals surface area contributed by atoms with Crippen LogP contribution in [-0.4, -0.2) is 44.0 Å². The molecule has 0 aromatic rings. The number of hydrogen-bond donors (Lipinski definition) is 0. The van der Waals surface area contributed by atoms with Crippen LogP contribution >= 0.6 is 0 Å². The van der Waals surface area contributed by atoms with Crippen LogP contribution in [0.2, 0.25) is 0 Å². The van der Waals surface area contributed by atoms with E-state index < -0.39 is 0 Å². The maximum Gasteiger partial charge on any atom is 0.195 e. The first kappa shape index (κ1) is 13.3. The van der Waals surface area contributed by atoms with E-state index in [2.05, 4.69) is 23.4 Å². The van der Waals surface area contributed by atoms with Crippen molar-refractivity contribution in [1.29, 1.82) is 0 Å². The summed E-state index contributed by atoms with van der Waals surface area (Å²) in [5.41, 5.74) is 0. The Labute approximate surface area is 88.8 Å². The van der Waals surface area contributed by atoms with E-state index in [0.717, 1.165) is 12.4 Å². The smallest absolute Gasteiger partial charge is 0.195 e. The number of nitrogens with zero attached hydrogens (tertiary/aromatic N) is 3. The highest BCUT2D eigenvalue weighted by atomic mass is 15.3. The van der Waals surface area contributed by atoms with E-state index in [1.165, 1.54) is 19.3 Å². The molecule has 0 amide bonds. The van der Waals surface area contributed by atoms with Crippen LogP contribution in [0.3, 0.4) is 0 Å². The summed E-state index contributed by atoms with van der Waals surface area (Å²) in [6.45, 7) is 4.43. The predicted molar refractivity (Wildman–Crippen MR) is 63.3 cm³/mol. The Morgan fingerprint density at radius 1 is 1.21 bits per heavy atom. The largest absolute Gasteiger partial charge is 0.349 e. The molecule has 0 aromatic heterocycles. The molecule has 0 aliphatic heterocycles. The summed E-state index contributed by atoms with van der Waals surface area (Å²) in [7, 11) is 7.90. The van der Waals surface area contributed by atoms with Crippen LogP contribution < -0.4 is 0 Å². The van der Waals surface area contributed by atoms with E-state index in [0.29, 0.717) is 0 Å². The summed E-state index contributed by atoms with van der Waals surface area (Å²) in [5.74, 6) is 1.00. The van der Waals surface area contributed by atoms with Crippen molar-refractivity contribution in [2.45, 2.75) is 32.6 Å². The summed E-state index contributed by atoms with van der Waals surface area (Å²) in [6.07, 6.45) is 4.99. The molecule has 0 rings (SSSR count). The first-order valence-electron chi connectivity index (χ1n) is 5.33. The third-order valence-electron chi connectivity index (χ3n) is 2.13. The zero-order valence-corrected chi connectivity index (χ0v) is 10.2. The minimum Gasteiger partial charge on any atom is -0.349 e. The molecule has 0 saturated carbocycles. The lowest BCUT2D eigenvalue weighted by molar-refractivity contribution is 0.461. The average molecular weight is 198 g/mol. The van der Waals surface area contributed by atoms with Crippen molar-refractivity contribution in [3.05, 3.63) is 6.54 Å². The first-order valence-corrected chi connectivity index (χ1v) is 5.33. The van der Waals surface area contributed by atoms with Crippen molar-refractivity contribution in [3.8, 4) is 0 Å². The normalized spacial score (nSPS) is 11.6. The van der Waals surface area contributed by atoms with Crippen molar-refractivity contribution in [2.75, 3.05) is 28.2 Å². The van der Waals surface area contributed by atoms with Crippen LogP contribution in [-0.2, 0) is 0 Å². The van der Waals surface area contributed by atoms with Gasteiger partial charge in [0, 0.05) is 28.2 Å². The molecule has 0 aliphatic carbocycles. The second kappa shape index (κ2) is 7.65. The van der Waals surface area contributed by atoms with Crippen molar-refractivity contribution < 1.29 is 0 Å². The average Bonchev–Trinajstić information content (AvgIpc) is 2.13. The van der Waals surface area contributed by atoms with Gasteiger partial charge in [0.25, 0.3) is 0 Å². The highest BCUT2D eigenvalue weighted by Crippen LogP contribution is 2.05. The molecule has 83 valence electrons. The van der Waals surface area contributed by atoms with E-state index in [-0.39, 0.29) is 0 Å². The highest BCUT2D eigenvalue weighted by molar-refractivity contribution is 5.79. The Bertz CT molecular complexity index is 164. The molecule has 0 N–H and O–H groups in total. The molecule has 1 radical (unpaired) electrons. The molecule has 0 bridgehead atoms. The molecular weight excluding hydrogens is 174 g/mol. The van der Waals surface area contributed by atoms with E-state index in [1.807, 2.05) is 33.1 Å². The maximum absolute atomic E-state index is 4.22. The van der Waals surface area contributed by atoms with Crippen LogP contribution in [0.25, 0.3) is 0 Å². The number of rotatable bonds is 5. The topological polar surface area (TPSA) is 18.8 Å². The second-order valence-corrected chi connectivity index (χ2v) is 3.71. The van der Waals surface area contributed by atoms with Gasteiger partial charge >= 0.3 is 0 Å². The summed E-state index contributed by atoms with van der Waals surface area (Å²) in [5, 5.41) is 0. The maximum atomic E-state index is 4.22. The quantitative estimate of drug-likeness (QED) is 0.383. The standard InChI is InChI=1S/C11H24N3/c1-6-7-8-9-10-14(5)11(12-2)13(3)4/h10H,6-9H2,1-5H3/b12-11+. The fourth-order valence-corrected chi connectivity index (χ4v) is 1.43. The molecule has 0 aliphatic rings. The van der Waals surface area contributed by atoms with E-state index in [1.54, 1.807) is 0 Å². The summed E-state index contributed by atoms with van der Waals surface area (Å²) in [6, 6.07) is 0. The monoisotopic (exact) mass is 198 g/mol. The fraction of sp³-hybridized carbons (Fsp3) is 0.818. The van der Waals surface area contributed by atoms with Crippen molar-refractivity contribution in [2.24, 2.45) is 4.99 Å². The van der Waals surface area contributed by atoms with Gasteiger partial charge in [-0.1, -0.05) is 26.2 Å². The van der Waals surface area contributed by atoms with E-state index in [4.69, 9.17) is 0 Å². The van der Waals surface area contributed by atoms with E-state index >= 15 is 0 Å². The van der Waals surface area contributed by atoms with Crippen LogP contribution in [0.1, 0.15) is 32.6 Å². The molecule has 0 aromatic carbocycles. The van der Waals surface area contributed by atoms with Crippen LogP contribution in [0.4, 0.5) is 0 Å². The van der Waals surface area contributed by atoms with Crippen LogP contribution in [0.15, 0.2) is 4.99 Å². The zero-order valence-electron chi connectivity index (χ0n) is 10.2. The highest BCUT2D eigenvalue weighted by Gasteiger charge is 2.06. The van der Waals surface area contributed by atoms with Gasteiger partial charge in [-0.2, -0.15) is 0 Å². The molecule has 0 spiro atoms. The first-order chi connectivity index (χ1) is 6.63. The fourth-order valence-electron chi connectivity index (χ4n) is 1.43. The van der Waals surface area contributed by atoms with Crippen LogP contribution in [0, 0.1) is 6.54 Å². The molecule has 0 heterocycles. The number of guanidine groups is 1. The van der Waals surface area contributed by atoms with Crippen molar-refractivity contribution >= 4 is 5.96 Å². The number of unbranched alkanes of at least 4 members (excludes halogenated alkanes) is 3. The minimum absolute atomic E-state index is 1.00. The predicted octanol–water partition coefficient (Wildman–Crippen LogP) is 2.21. The summed E-state index contributed by atoms with van der Waals surface area (Å²) in [4.78, 5) is 8.34. The minimum atomic E-state index is 1.00. The molecule has 0 saturated heterocycles. The van der Waals surface area contributed by atoms with Gasteiger partial charge in [-0.3, -0.25) is 4.99 Å². The third kappa shape index (κ3) is 5.10. The SMILES string of the molecule is CCCCC[CH]N(C)/C(=N/C)N(C)C. The lowest BCUT2D eigenvalue weighted by Gasteiger charge is -2.25. The van der Waals surface area contributed by atoms with Gasteiger partial charge in [-0.15, -0.1) is 0 Å². The Hall–Kier alpha value is -0.730. The Morgan fingerprint density at radius 3 is 2.29 bits per heavy atom. The van der Waals surface area contributed by atoms with Crippen molar-refractivity contribution in [1.82, 2.24) is 9.80 Å². The van der Waals surface area contributed by atoms with Gasteiger partial charge in [0.1, 0.15) is 0 Å². The number of aliphatic imine (C=N–C) groups is 1. The Morgan fingerprint density at radius 2 is 1.86 bits per heavy atom. The lowest BCUT2D eigenvalue weighted by Crippen LogP contribution is -2.36. The summed E-state index contributed by atoms with van der Waals surface area (Å²) < 4.78 is 0. The van der Waals surface area contributed by atoms with Gasteiger partial charge in [-0.05, 0) is 6.42 Å². The molecular formula is C11H24N3. The van der Waals surface area contributed by atoms with Gasteiger partial charge < -0.3 is 9.80 Å². The van der Waals surface area contributed by atoms with Crippen LogP contribution in [0.5, 0.6) is 0 Å². The molecule has 14 heavy (non-hydrogen) atoms. The lowest BCUT2D eigenvalue weighted by atomic mass is 10.2. The Kier molecular flexibility index (Phi) is 7.25. The summed E-state index contributed by atoms with van der Waals surface area (Å²) >= 11 is 0. The van der Waals surface area contributed by atoms with Crippen molar-refractivity contribution in [3.63, 3.8) is 0 Å². The molecule has 0 fully saturated rings. The molecule has 3 nitrogen and oxygen atoms in total. The van der Waals surface area contributed by atoms with E-state index in [9.17, 15) is 0 Å².